The van der Waals surface area contributed by atoms with E-state index in [2.05, 4.69) is 4.99 Å². The summed E-state index contributed by atoms with van der Waals surface area (Å²) in [4.78, 5) is 17.1. The van der Waals surface area contributed by atoms with Gasteiger partial charge >= 0.3 is 0 Å². The summed E-state index contributed by atoms with van der Waals surface area (Å²) in [5.74, 6) is 0.213. The third-order valence-electron chi connectivity index (χ3n) is 2.72. The van der Waals surface area contributed by atoms with Gasteiger partial charge in [-0.25, -0.2) is 0 Å². The van der Waals surface area contributed by atoms with E-state index in [1.165, 1.54) is 0 Å². The Balaban J connectivity index is 2.39. The van der Waals surface area contributed by atoms with Gasteiger partial charge in [-0.1, -0.05) is 0 Å². The van der Waals surface area contributed by atoms with Crippen LogP contribution >= 0.6 is 0 Å². The molecule has 2 aliphatic rings. The first-order chi connectivity index (χ1) is 4.58. The Kier molecular flexibility index (Phi) is 0.743. The molecule has 10 heavy (non-hydrogen) atoms. The molecule has 0 spiro atoms. The number of nitrogens with zero attached hydrogens (tertiary/aromatic N) is 2. The Hall–Kier alpha value is -0.860. The quantitative estimate of drug-likeness (QED) is 0.442. The molecule has 2 unspecified atom stereocenters. The predicted octanol–water partition coefficient (Wildman–Crippen LogP) is 0.265. The topological polar surface area (TPSA) is 32.7 Å². The summed E-state index contributed by atoms with van der Waals surface area (Å²) in [6.07, 6.45) is 0.153. The van der Waals surface area contributed by atoms with E-state index < -0.39 is 0 Å². The van der Waals surface area contributed by atoms with Crippen molar-refractivity contribution in [2.45, 2.75) is 20.0 Å². The third kappa shape index (κ3) is 0.317. The Labute approximate surface area is 59.7 Å². The van der Waals surface area contributed by atoms with Gasteiger partial charge in [-0.3, -0.25) is 9.79 Å². The summed E-state index contributed by atoms with van der Waals surface area (Å²) in [7, 11) is 1.80. The first kappa shape index (κ1) is 5.89. The SMILES string of the molecule is CC1=NC2N(C)C(=O)C12C. The van der Waals surface area contributed by atoms with Crippen LogP contribution in [-0.2, 0) is 4.79 Å². The highest BCUT2D eigenvalue weighted by Crippen LogP contribution is 2.46. The number of carbonyl (C=O) groups excluding carboxylic acids is 1. The highest BCUT2D eigenvalue weighted by molar-refractivity contribution is 6.16. The van der Waals surface area contributed by atoms with E-state index in [1.54, 1.807) is 11.9 Å². The molecule has 3 nitrogen and oxygen atoms in total. The lowest BCUT2D eigenvalue weighted by molar-refractivity contribution is -0.161. The molecule has 0 aliphatic carbocycles. The van der Waals surface area contributed by atoms with Gasteiger partial charge < -0.3 is 4.90 Å². The van der Waals surface area contributed by atoms with Gasteiger partial charge in [0.15, 0.2) is 0 Å². The molecule has 3 heteroatoms. The maximum absolute atomic E-state index is 11.2. The van der Waals surface area contributed by atoms with Crippen molar-refractivity contribution in [2.24, 2.45) is 10.4 Å². The van der Waals surface area contributed by atoms with Crippen LogP contribution < -0.4 is 0 Å². The van der Waals surface area contributed by atoms with E-state index >= 15 is 0 Å². The Bertz CT molecular complexity index is 246. The molecule has 0 aromatic rings. The van der Waals surface area contributed by atoms with Gasteiger partial charge in [-0.05, 0) is 13.8 Å². The maximum atomic E-state index is 11.2. The zero-order valence-electron chi connectivity index (χ0n) is 6.38. The molecule has 0 bridgehead atoms. The van der Waals surface area contributed by atoms with Gasteiger partial charge in [-0.15, -0.1) is 0 Å². The van der Waals surface area contributed by atoms with Gasteiger partial charge in [0, 0.05) is 12.8 Å². The Morgan fingerprint density at radius 1 is 1.70 bits per heavy atom. The highest BCUT2D eigenvalue weighted by atomic mass is 16.2. The number of amides is 1. The lowest BCUT2D eigenvalue weighted by Crippen LogP contribution is -2.73. The number of rotatable bonds is 0. The van der Waals surface area contributed by atoms with Crippen LogP contribution in [0.5, 0.6) is 0 Å². The van der Waals surface area contributed by atoms with Crippen molar-refractivity contribution >= 4 is 11.6 Å². The van der Waals surface area contributed by atoms with Crippen molar-refractivity contribution in [1.29, 1.82) is 0 Å². The van der Waals surface area contributed by atoms with Crippen LogP contribution in [0, 0.1) is 5.41 Å². The van der Waals surface area contributed by atoms with Crippen molar-refractivity contribution in [2.75, 3.05) is 7.05 Å². The van der Waals surface area contributed by atoms with Gasteiger partial charge in [0.2, 0.25) is 5.91 Å². The second-order valence-corrected chi connectivity index (χ2v) is 3.21. The molecule has 0 saturated carbocycles. The second kappa shape index (κ2) is 1.26. The second-order valence-electron chi connectivity index (χ2n) is 3.21. The summed E-state index contributed by atoms with van der Waals surface area (Å²) in [6, 6.07) is 0. The summed E-state index contributed by atoms with van der Waals surface area (Å²) in [5, 5.41) is 0. The fourth-order valence-electron chi connectivity index (χ4n) is 1.72. The first-order valence-corrected chi connectivity index (χ1v) is 3.40. The molecule has 2 atom stereocenters. The fraction of sp³-hybridized carbons (Fsp3) is 0.714. The van der Waals surface area contributed by atoms with Crippen molar-refractivity contribution in [3.8, 4) is 0 Å². The predicted molar refractivity (Wildman–Crippen MR) is 37.8 cm³/mol. The van der Waals surface area contributed by atoms with Crippen molar-refractivity contribution in [3.63, 3.8) is 0 Å². The van der Waals surface area contributed by atoms with Gasteiger partial charge in [0.1, 0.15) is 11.6 Å². The smallest absolute Gasteiger partial charge is 0.239 e. The maximum Gasteiger partial charge on any atom is 0.239 e. The lowest BCUT2D eigenvalue weighted by atomic mass is 9.69. The highest BCUT2D eigenvalue weighted by Gasteiger charge is 2.63. The summed E-state index contributed by atoms with van der Waals surface area (Å²) in [5.41, 5.74) is 0.773. The van der Waals surface area contributed by atoms with E-state index in [9.17, 15) is 4.79 Å². The van der Waals surface area contributed by atoms with Crippen LogP contribution in [0.2, 0.25) is 0 Å². The molecule has 1 saturated heterocycles. The zero-order chi connectivity index (χ0) is 7.52. The molecule has 0 N–H and O–H groups in total. The normalized spacial score (nSPS) is 43.5. The summed E-state index contributed by atoms with van der Waals surface area (Å²) in [6.45, 7) is 3.88. The minimum atomic E-state index is -0.214. The molecule has 0 aromatic heterocycles. The van der Waals surface area contributed by atoms with Crippen LogP contribution in [-0.4, -0.2) is 29.7 Å². The summed E-state index contributed by atoms with van der Waals surface area (Å²) < 4.78 is 0. The number of carbonyl (C=O) groups is 1. The zero-order valence-corrected chi connectivity index (χ0v) is 6.38. The molecule has 2 rings (SSSR count). The molecule has 2 heterocycles. The van der Waals surface area contributed by atoms with Crippen LogP contribution in [0.4, 0.5) is 0 Å². The monoisotopic (exact) mass is 138 g/mol. The van der Waals surface area contributed by atoms with Crippen LogP contribution in [0.3, 0.4) is 0 Å². The van der Waals surface area contributed by atoms with Gasteiger partial charge in [0.05, 0.1) is 0 Å². The third-order valence-corrected chi connectivity index (χ3v) is 2.72. The number of β-lactam (4-membered cyclic amide) rings is 1. The molecule has 0 aromatic carbocycles. The molecule has 0 radical (unpaired) electrons. The summed E-state index contributed by atoms with van der Waals surface area (Å²) >= 11 is 0. The number of fused-ring (bicyclic) bond motifs is 1. The first-order valence-electron chi connectivity index (χ1n) is 3.40. The van der Waals surface area contributed by atoms with E-state index in [4.69, 9.17) is 0 Å². The number of hydrogen-bond donors (Lipinski definition) is 0. The minimum Gasteiger partial charge on any atom is -0.321 e. The van der Waals surface area contributed by atoms with Gasteiger partial charge in [-0.2, -0.15) is 0 Å². The fourth-order valence-corrected chi connectivity index (χ4v) is 1.72. The number of likely N-dealkylation sites (tertiary alicyclic amines) is 1. The van der Waals surface area contributed by atoms with Crippen LogP contribution in [0.25, 0.3) is 0 Å². The van der Waals surface area contributed by atoms with Gasteiger partial charge in [0.25, 0.3) is 0 Å². The van der Waals surface area contributed by atoms with E-state index in [0.29, 0.717) is 0 Å². The molecule has 1 amide bonds. The molecule has 2 aliphatic heterocycles. The number of hydrogen-bond acceptors (Lipinski definition) is 2. The minimum absolute atomic E-state index is 0.153. The van der Waals surface area contributed by atoms with Crippen molar-refractivity contribution in [1.82, 2.24) is 4.90 Å². The molecule has 54 valence electrons. The standard InChI is InChI=1S/C7H10N2O/c1-4-7(2)5(8-4)9(3)6(7)10/h5H,1-3H3. The largest absolute Gasteiger partial charge is 0.321 e. The van der Waals surface area contributed by atoms with E-state index in [1.807, 2.05) is 13.8 Å². The number of aliphatic imine (C=N–C) groups is 1. The molecule has 1 fully saturated rings. The average Bonchev–Trinajstić information content (AvgIpc) is 1.96. The van der Waals surface area contributed by atoms with Crippen molar-refractivity contribution in [3.05, 3.63) is 0 Å². The average molecular weight is 138 g/mol. The van der Waals surface area contributed by atoms with Crippen LogP contribution in [0.1, 0.15) is 13.8 Å². The van der Waals surface area contributed by atoms with Crippen molar-refractivity contribution < 1.29 is 4.79 Å². The lowest BCUT2D eigenvalue weighted by Gasteiger charge is -2.56. The molecular weight excluding hydrogens is 128 g/mol. The Morgan fingerprint density at radius 3 is 2.60 bits per heavy atom. The van der Waals surface area contributed by atoms with E-state index in [0.717, 1.165) is 5.71 Å². The van der Waals surface area contributed by atoms with E-state index in [-0.39, 0.29) is 17.5 Å². The molecular formula is C7H10N2O. The Morgan fingerprint density at radius 2 is 2.30 bits per heavy atom. The van der Waals surface area contributed by atoms with Crippen LogP contribution in [0.15, 0.2) is 4.99 Å².